The summed E-state index contributed by atoms with van der Waals surface area (Å²) in [5, 5.41) is 23.1. The first-order valence-electron chi connectivity index (χ1n) is 13.5. The molecule has 1 atom stereocenters. The summed E-state index contributed by atoms with van der Waals surface area (Å²) in [4.78, 5) is 15.3. The predicted octanol–water partition coefficient (Wildman–Crippen LogP) is 2.86. The second kappa shape index (κ2) is 16.3. The van der Waals surface area contributed by atoms with Gasteiger partial charge in [-0.3, -0.25) is 13.5 Å². The summed E-state index contributed by atoms with van der Waals surface area (Å²) in [7, 11) is -1.13. The van der Waals surface area contributed by atoms with Crippen LogP contribution in [0.15, 0.2) is 36.4 Å². The summed E-state index contributed by atoms with van der Waals surface area (Å²) in [6.07, 6.45) is 1.96. The number of phenols is 1. The van der Waals surface area contributed by atoms with Gasteiger partial charge in [-0.2, -0.15) is 8.42 Å². The molecule has 0 spiro atoms. The van der Waals surface area contributed by atoms with Crippen molar-refractivity contribution < 1.29 is 32.0 Å². The minimum Gasteiger partial charge on any atom is -0.505 e. The number of quaternary nitrogens is 1. The van der Waals surface area contributed by atoms with E-state index in [1.807, 2.05) is 50.2 Å². The molecule has 0 aliphatic carbocycles. The highest BCUT2D eigenvalue weighted by Gasteiger charge is 2.23. The van der Waals surface area contributed by atoms with Gasteiger partial charge in [-0.25, -0.2) is 0 Å². The maximum absolute atomic E-state index is 12.4. The highest BCUT2D eigenvalue weighted by molar-refractivity contribution is 7.80. The Morgan fingerprint density at radius 3 is 2.15 bits per heavy atom. The van der Waals surface area contributed by atoms with E-state index in [9.17, 15) is 18.3 Å². The lowest BCUT2D eigenvalue weighted by Gasteiger charge is -2.23. The maximum Gasteiger partial charge on any atom is 0.397 e. The number of hydrogen-bond acceptors (Lipinski definition) is 7. The van der Waals surface area contributed by atoms with Crippen molar-refractivity contribution in [2.75, 3.05) is 33.8 Å². The van der Waals surface area contributed by atoms with Crippen LogP contribution in [0.2, 0.25) is 0 Å². The lowest BCUT2D eigenvalue weighted by Crippen LogP contribution is -3.08. The number of nitrogens with zero attached hydrogens (tertiary/aromatic N) is 3. The van der Waals surface area contributed by atoms with Gasteiger partial charge in [0.05, 0.1) is 27.2 Å². The van der Waals surface area contributed by atoms with Gasteiger partial charge in [0.1, 0.15) is 22.5 Å². The van der Waals surface area contributed by atoms with Crippen molar-refractivity contribution >= 4 is 27.3 Å². The van der Waals surface area contributed by atoms with E-state index in [0.717, 1.165) is 48.8 Å². The third kappa shape index (κ3) is 11.6. The molecule has 3 rings (SSSR count). The number of carbonyl (C=O) groups is 1. The molecule has 0 saturated carbocycles. The fourth-order valence-corrected chi connectivity index (χ4v) is 3.65. The smallest absolute Gasteiger partial charge is 0.397 e. The van der Waals surface area contributed by atoms with Crippen LogP contribution in [0.25, 0.3) is 16.7 Å². The average Bonchev–Trinajstić information content (AvgIpc) is 3.35. The molecule has 3 aromatic rings. The van der Waals surface area contributed by atoms with Gasteiger partial charge in [-0.15, -0.1) is 15.0 Å². The van der Waals surface area contributed by atoms with Crippen LogP contribution in [0.3, 0.4) is 0 Å². The van der Waals surface area contributed by atoms with Gasteiger partial charge in [0.2, 0.25) is 5.91 Å². The topological polar surface area (TPSA) is 148 Å². The molecule has 1 amide bonds. The minimum atomic E-state index is -4.16. The fraction of sp³-hybridized carbons (Fsp3) is 0.536. The molecule has 11 nitrogen and oxygen atoms in total. The highest BCUT2D eigenvalue weighted by Crippen LogP contribution is 2.36. The minimum absolute atomic E-state index is 0.0500. The molecular formula is C28H46N5O6S+. The van der Waals surface area contributed by atoms with E-state index in [-0.39, 0.29) is 17.1 Å². The number of fused-ring (bicyclic) bond motifs is 1. The quantitative estimate of drug-likeness (QED) is 0.211. The molecule has 12 heteroatoms. The van der Waals surface area contributed by atoms with Gasteiger partial charge in [0, 0.05) is 24.9 Å². The van der Waals surface area contributed by atoms with Crippen LogP contribution in [0.1, 0.15) is 65.5 Å². The van der Waals surface area contributed by atoms with E-state index in [1.54, 1.807) is 0 Å². The van der Waals surface area contributed by atoms with Crippen molar-refractivity contribution in [3.05, 3.63) is 47.5 Å². The van der Waals surface area contributed by atoms with E-state index in [4.69, 9.17) is 4.55 Å². The molecular weight excluding hydrogens is 534 g/mol. The number of amides is 1. The Hall–Kier alpha value is -3.06. The van der Waals surface area contributed by atoms with Gasteiger partial charge in [0.15, 0.2) is 0 Å². The molecule has 0 aliphatic heterocycles. The molecule has 0 bridgehead atoms. The van der Waals surface area contributed by atoms with Gasteiger partial charge < -0.3 is 15.3 Å². The van der Waals surface area contributed by atoms with Gasteiger partial charge in [-0.05, 0) is 42.5 Å². The second-order valence-electron chi connectivity index (χ2n) is 10.1. The molecule has 40 heavy (non-hydrogen) atoms. The number of hydrogen-bond donors (Lipinski definition) is 4. The first-order chi connectivity index (χ1) is 18.7. The van der Waals surface area contributed by atoms with Gasteiger partial charge in [0.25, 0.3) is 0 Å². The van der Waals surface area contributed by atoms with E-state index >= 15 is 0 Å². The van der Waals surface area contributed by atoms with Crippen molar-refractivity contribution in [3.63, 3.8) is 0 Å². The number of aromatic hydroxyl groups is 1. The zero-order valence-electron chi connectivity index (χ0n) is 25.0. The molecule has 224 valence electrons. The second-order valence-corrected chi connectivity index (χ2v) is 11.3. The molecule has 0 aliphatic rings. The molecule has 2 aromatic carbocycles. The number of aryl methyl sites for hydroxylation is 1. The normalized spacial score (nSPS) is 12.1. The lowest BCUT2D eigenvalue weighted by atomic mass is 9.84. The Balaban J connectivity index is 0.000000885. The van der Waals surface area contributed by atoms with Gasteiger partial charge in [-0.1, -0.05) is 52.8 Å². The Bertz CT molecular complexity index is 1290. The van der Waals surface area contributed by atoms with E-state index in [2.05, 4.69) is 54.4 Å². The summed E-state index contributed by atoms with van der Waals surface area (Å²) < 4.78 is 29.7. The predicted molar refractivity (Wildman–Crippen MR) is 157 cm³/mol. The number of benzene rings is 2. The first kappa shape index (κ1) is 35.0. The average molecular weight is 581 g/mol. The SMILES string of the molecule is CC.CC[NH+](C)CCCNC(=O)CCc1cc(-n2nc3ccccc3n2)c(O)c(C(C)(C)C)c1.COS(=O)(=O)O. The van der Waals surface area contributed by atoms with Crippen molar-refractivity contribution in [1.82, 2.24) is 20.3 Å². The van der Waals surface area contributed by atoms with E-state index < -0.39 is 10.4 Å². The van der Waals surface area contributed by atoms with Crippen LogP contribution in [-0.4, -0.2) is 72.8 Å². The maximum atomic E-state index is 12.4. The van der Waals surface area contributed by atoms with Crippen LogP contribution < -0.4 is 10.2 Å². The standard InChI is InChI=1S/C25H35N5O2.C2H6.CH4O4S/c1-6-29(5)15-9-14-26-23(31)13-12-18-16-19(25(2,3)4)24(32)22(17-18)30-27-20-10-7-8-11-21(20)28-30;1-2;1-5-6(2,3)4/h7-8,10-11,16-17,32H,6,9,12-15H2,1-5H3,(H,26,31);1-2H3;1H3,(H,2,3,4)/p+1. The Labute approximate surface area is 238 Å². The zero-order chi connectivity index (χ0) is 30.5. The highest BCUT2D eigenvalue weighted by atomic mass is 32.3. The molecule has 0 radical (unpaired) electrons. The Kier molecular flexibility index (Phi) is 14.2. The Morgan fingerprint density at radius 2 is 1.68 bits per heavy atom. The third-order valence-electron chi connectivity index (χ3n) is 6.02. The van der Waals surface area contributed by atoms with Crippen molar-refractivity contribution in [3.8, 4) is 11.4 Å². The molecule has 1 aromatic heterocycles. The fourth-order valence-electron chi connectivity index (χ4n) is 3.65. The number of aromatic nitrogens is 3. The first-order valence-corrected chi connectivity index (χ1v) is 14.9. The number of nitrogens with one attached hydrogen (secondary N) is 2. The zero-order valence-corrected chi connectivity index (χ0v) is 25.8. The number of carbonyl (C=O) groups excluding carboxylic acids is 1. The summed E-state index contributed by atoms with van der Waals surface area (Å²) in [6.45, 7) is 15.2. The van der Waals surface area contributed by atoms with Crippen molar-refractivity contribution in [2.45, 2.75) is 66.2 Å². The lowest BCUT2D eigenvalue weighted by molar-refractivity contribution is -0.877. The molecule has 1 heterocycles. The molecule has 1 unspecified atom stereocenters. The van der Waals surface area contributed by atoms with Crippen LogP contribution >= 0.6 is 0 Å². The van der Waals surface area contributed by atoms with Crippen LogP contribution in [-0.2, 0) is 31.2 Å². The van der Waals surface area contributed by atoms with Crippen LogP contribution in [0.4, 0.5) is 0 Å². The van der Waals surface area contributed by atoms with E-state index in [1.165, 1.54) is 9.70 Å². The summed E-state index contributed by atoms with van der Waals surface area (Å²) in [6, 6.07) is 11.5. The molecule has 0 saturated heterocycles. The van der Waals surface area contributed by atoms with Crippen molar-refractivity contribution in [1.29, 1.82) is 0 Å². The monoisotopic (exact) mass is 580 g/mol. The molecule has 4 N–H and O–H groups in total. The summed E-state index contributed by atoms with van der Waals surface area (Å²) in [5.74, 6) is 0.225. The third-order valence-corrected chi connectivity index (χ3v) is 6.44. The van der Waals surface area contributed by atoms with E-state index in [0.29, 0.717) is 25.1 Å². The number of phenolic OH excluding ortho intramolecular Hbond substituents is 1. The van der Waals surface area contributed by atoms with Crippen LogP contribution in [0, 0.1) is 0 Å². The Morgan fingerprint density at radius 1 is 1.12 bits per heavy atom. The summed E-state index contributed by atoms with van der Waals surface area (Å²) >= 11 is 0. The number of rotatable bonds is 10. The van der Waals surface area contributed by atoms with Crippen LogP contribution in [0.5, 0.6) is 5.75 Å². The summed E-state index contributed by atoms with van der Waals surface area (Å²) in [5.41, 5.74) is 3.60. The largest absolute Gasteiger partial charge is 0.505 e. The van der Waals surface area contributed by atoms with Gasteiger partial charge >= 0.3 is 10.4 Å². The molecule has 0 fully saturated rings. The van der Waals surface area contributed by atoms with Crippen molar-refractivity contribution in [2.24, 2.45) is 0 Å².